The van der Waals surface area contributed by atoms with Crippen LogP contribution in [0.2, 0.25) is 0 Å². The second-order valence-electron chi connectivity index (χ2n) is 13.7. The summed E-state index contributed by atoms with van der Waals surface area (Å²) < 4.78 is 13.5. The van der Waals surface area contributed by atoms with Gasteiger partial charge in [0.05, 0.1) is 16.8 Å². The van der Waals surface area contributed by atoms with Gasteiger partial charge in [-0.05, 0) is 86.9 Å². The molecule has 9 aromatic carbocycles. The molecule has 0 fully saturated rings. The van der Waals surface area contributed by atoms with Crippen molar-refractivity contribution in [3.8, 4) is 22.3 Å². The van der Waals surface area contributed by atoms with Crippen LogP contribution < -0.4 is 4.90 Å². The molecule has 0 aliphatic heterocycles. The highest BCUT2D eigenvalue weighted by atomic mass is 16.3. The largest absolute Gasteiger partial charge is 0.455 e. The van der Waals surface area contributed by atoms with Gasteiger partial charge in [0.1, 0.15) is 16.7 Å². The highest BCUT2D eigenvalue weighted by Gasteiger charge is 2.24. The summed E-state index contributed by atoms with van der Waals surface area (Å²) in [6.07, 6.45) is 0. The van der Waals surface area contributed by atoms with Crippen LogP contribution in [0.5, 0.6) is 0 Å². The van der Waals surface area contributed by atoms with E-state index in [1.807, 2.05) is 12.1 Å². The minimum Gasteiger partial charge on any atom is -0.455 e. The lowest BCUT2D eigenvalue weighted by atomic mass is 9.93. The minimum atomic E-state index is 0.834. The Kier molecular flexibility index (Phi) is 6.55. The molecule has 2 aromatic heterocycles. The molecule has 3 heteroatoms. The maximum atomic E-state index is 6.85. The van der Waals surface area contributed by atoms with Crippen molar-refractivity contribution >= 4 is 82.5 Å². The molecule has 11 aromatic rings. The van der Waals surface area contributed by atoms with Crippen molar-refractivity contribution in [1.29, 1.82) is 0 Å². The third-order valence-corrected chi connectivity index (χ3v) is 10.6. The average molecular weight is 678 g/mol. The lowest BCUT2D eigenvalue weighted by molar-refractivity contribution is 0.669. The molecule has 0 unspecified atom stereocenters. The van der Waals surface area contributed by atoms with Crippen molar-refractivity contribution in [2.24, 2.45) is 0 Å². The van der Waals surface area contributed by atoms with Gasteiger partial charge in [-0.25, -0.2) is 0 Å². The van der Waals surface area contributed by atoms with Gasteiger partial charge in [0, 0.05) is 27.2 Å². The summed E-state index contributed by atoms with van der Waals surface area (Å²) in [5.41, 5.74) is 11.1. The summed E-state index contributed by atoms with van der Waals surface area (Å²) in [6.45, 7) is 0. The first kappa shape index (κ1) is 29.6. The van der Waals surface area contributed by atoms with Crippen molar-refractivity contribution in [2.45, 2.75) is 0 Å². The summed E-state index contributed by atoms with van der Waals surface area (Å²) >= 11 is 0. The smallest absolute Gasteiger partial charge is 0.159 e. The molecular formula is C50H31NO2. The van der Waals surface area contributed by atoms with Gasteiger partial charge in [-0.15, -0.1) is 0 Å². The predicted octanol–water partition coefficient (Wildman–Crippen LogP) is 14.6. The fourth-order valence-corrected chi connectivity index (χ4v) is 8.16. The summed E-state index contributed by atoms with van der Waals surface area (Å²) in [5.74, 6) is 0. The zero-order chi connectivity index (χ0) is 34.9. The van der Waals surface area contributed by atoms with Crippen molar-refractivity contribution in [2.75, 3.05) is 4.90 Å². The normalized spacial score (nSPS) is 11.8. The van der Waals surface area contributed by atoms with Crippen molar-refractivity contribution in [3.63, 3.8) is 0 Å². The van der Waals surface area contributed by atoms with Crippen molar-refractivity contribution in [3.05, 3.63) is 188 Å². The zero-order valence-electron chi connectivity index (χ0n) is 28.7. The molecular weight excluding hydrogens is 647 g/mol. The Hall–Kier alpha value is -7.10. The van der Waals surface area contributed by atoms with Crippen LogP contribution in [0.15, 0.2) is 197 Å². The third-order valence-electron chi connectivity index (χ3n) is 10.6. The Bertz CT molecular complexity index is 3170. The summed E-state index contributed by atoms with van der Waals surface area (Å²) in [6, 6.07) is 66.7. The fraction of sp³-hybridized carbons (Fsp3) is 0. The second kappa shape index (κ2) is 11.7. The number of para-hydroxylation sites is 2. The van der Waals surface area contributed by atoms with Crippen LogP contribution in [0.1, 0.15) is 0 Å². The van der Waals surface area contributed by atoms with Gasteiger partial charge < -0.3 is 13.7 Å². The van der Waals surface area contributed by atoms with Gasteiger partial charge in [0.2, 0.25) is 0 Å². The highest BCUT2D eigenvalue weighted by Crippen LogP contribution is 2.48. The SMILES string of the molecule is c1ccc(-c2ccc(N(c3cccc4c3oc3ccccc34)c3cccc4oc5c6ccccc6c(-c6ccc7ccccc7c6)cc5c34)cc2)cc1. The molecule has 0 spiro atoms. The van der Waals surface area contributed by atoms with E-state index >= 15 is 0 Å². The van der Waals surface area contributed by atoms with Crippen LogP contribution in [-0.2, 0) is 0 Å². The zero-order valence-corrected chi connectivity index (χ0v) is 28.7. The molecule has 0 radical (unpaired) electrons. The van der Waals surface area contributed by atoms with Crippen LogP contribution in [0.4, 0.5) is 17.1 Å². The van der Waals surface area contributed by atoms with E-state index in [1.54, 1.807) is 0 Å². The first-order valence-electron chi connectivity index (χ1n) is 18.0. The summed E-state index contributed by atoms with van der Waals surface area (Å²) in [7, 11) is 0. The topological polar surface area (TPSA) is 29.5 Å². The van der Waals surface area contributed by atoms with E-state index in [0.29, 0.717) is 0 Å². The van der Waals surface area contributed by atoms with E-state index in [2.05, 4.69) is 181 Å². The Labute approximate surface area is 305 Å². The standard InChI is InChI=1S/C50H31NO2/c1-2-12-32(13-3-1)34-26-28-37(29-27-34)51(45-21-10-19-41-39-17-8-9-22-46(39)52-50(41)45)44-20-11-23-47-48(44)43-31-42(38-16-6-7-18-40(38)49(43)53-47)36-25-24-33-14-4-5-15-35(33)30-36/h1-31H. The van der Waals surface area contributed by atoms with E-state index in [1.165, 1.54) is 27.5 Å². The number of hydrogen-bond acceptors (Lipinski definition) is 3. The van der Waals surface area contributed by atoms with Gasteiger partial charge in [0.25, 0.3) is 0 Å². The van der Waals surface area contributed by atoms with Crippen LogP contribution >= 0.6 is 0 Å². The molecule has 0 aliphatic rings. The Morgan fingerprint density at radius 2 is 0.943 bits per heavy atom. The molecule has 0 atom stereocenters. The van der Waals surface area contributed by atoms with Crippen LogP contribution in [-0.4, -0.2) is 0 Å². The first-order chi connectivity index (χ1) is 26.3. The van der Waals surface area contributed by atoms with Crippen LogP contribution in [0, 0.1) is 0 Å². The molecule has 0 saturated heterocycles. The van der Waals surface area contributed by atoms with Gasteiger partial charge >= 0.3 is 0 Å². The van der Waals surface area contributed by atoms with Gasteiger partial charge in [-0.3, -0.25) is 0 Å². The van der Waals surface area contributed by atoms with Crippen LogP contribution in [0.25, 0.3) is 87.7 Å². The minimum absolute atomic E-state index is 0.834. The molecule has 0 N–H and O–H groups in total. The quantitative estimate of drug-likeness (QED) is 0.182. The molecule has 0 aliphatic carbocycles. The lowest BCUT2D eigenvalue weighted by Gasteiger charge is -2.26. The monoisotopic (exact) mass is 677 g/mol. The van der Waals surface area contributed by atoms with Gasteiger partial charge in [-0.1, -0.05) is 140 Å². The Morgan fingerprint density at radius 1 is 0.340 bits per heavy atom. The average Bonchev–Trinajstić information content (AvgIpc) is 3.81. The molecule has 53 heavy (non-hydrogen) atoms. The molecule has 2 heterocycles. The van der Waals surface area contributed by atoms with Gasteiger partial charge in [0.15, 0.2) is 5.58 Å². The molecule has 11 rings (SSSR count). The van der Waals surface area contributed by atoms with Crippen molar-refractivity contribution < 1.29 is 8.83 Å². The number of hydrogen-bond donors (Lipinski definition) is 0. The van der Waals surface area contributed by atoms with E-state index in [0.717, 1.165) is 77.3 Å². The molecule has 0 amide bonds. The summed E-state index contributed by atoms with van der Waals surface area (Å²) in [5, 5.41) is 9.00. The maximum absolute atomic E-state index is 6.85. The summed E-state index contributed by atoms with van der Waals surface area (Å²) in [4.78, 5) is 2.33. The maximum Gasteiger partial charge on any atom is 0.159 e. The number of furan rings is 2. The molecule has 0 saturated carbocycles. The molecule has 248 valence electrons. The highest BCUT2D eigenvalue weighted by molar-refractivity contribution is 6.23. The number of fused-ring (bicyclic) bond motifs is 9. The second-order valence-corrected chi connectivity index (χ2v) is 13.7. The number of nitrogens with zero attached hydrogens (tertiary/aromatic N) is 1. The van der Waals surface area contributed by atoms with Gasteiger partial charge in [-0.2, -0.15) is 0 Å². The molecule has 3 nitrogen and oxygen atoms in total. The number of anilines is 3. The number of rotatable bonds is 5. The van der Waals surface area contributed by atoms with E-state index < -0.39 is 0 Å². The lowest BCUT2D eigenvalue weighted by Crippen LogP contribution is -2.10. The van der Waals surface area contributed by atoms with E-state index in [9.17, 15) is 0 Å². The fourth-order valence-electron chi connectivity index (χ4n) is 8.16. The first-order valence-corrected chi connectivity index (χ1v) is 18.0. The number of benzene rings is 9. The van der Waals surface area contributed by atoms with E-state index in [-0.39, 0.29) is 0 Å². The Morgan fingerprint density at radius 3 is 1.81 bits per heavy atom. The van der Waals surface area contributed by atoms with Crippen LogP contribution in [0.3, 0.4) is 0 Å². The third kappa shape index (κ3) is 4.68. The van der Waals surface area contributed by atoms with Crippen molar-refractivity contribution in [1.82, 2.24) is 0 Å². The molecule has 0 bridgehead atoms. The van der Waals surface area contributed by atoms with E-state index in [4.69, 9.17) is 8.83 Å². The Balaban J connectivity index is 1.21. The predicted molar refractivity (Wildman–Crippen MR) is 222 cm³/mol.